The molecule has 0 aliphatic rings. The highest BCUT2D eigenvalue weighted by atomic mass is 16.5. The van der Waals surface area contributed by atoms with Crippen LogP contribution in [0.25, 0.3) is 0 Å². The maximum Gasteiger partial charge on any atom is 0.330 e. The Bertz CT molecular complexity index is 527. The molecule has 0 unspecified atom stereocenters. The van der Waals surface area contributed by atoms with Crippen molar-refractivity contribution in [2.45, 2.75) is 19.4 Å². The number of amides is 1. The number of hydrogen-bond acceptors (Lipinski definition) is 5. The lowest BCUT2D eigenvalue weighted by atomic mass is 10.1. The minimum absolute atomic E-state index is 0.0228. The number of carbonyl (C=O) groups excluding carboxylic acids is 2. The highest BCUT2D eigenvalue weighted by molar-refractivity contribution is 5.96. The molecule has 112 valence electrons. The quantitative estimate of drug-likeness (QED) is 0.568. The smallest absolute Gasteiger partial charge is 0.330 e. The number of carbonyl (C=O) groups is 3. The van der Waals surface area contributed by atoms with E-state index in [2.05, 4.69) is 15.0 Å². The molecule has 7 heteroatoms. The zero-order valence-corrected chi connectivity index (χ0v) is 11.5. The Hall–Kier alpha value is -2.70. The summed E-state index contributed by atoms with van der Waals surface area (Å²) in [7, 11) is 0. The Morgan fingerprint density at radius 1 is 1.38 bits per heavy atom. The molecule has 0 spiro atoms. The first-order valence-electron chi connectivity index (χ1n) is 6.31. The summed E-state index contributed by atoms with van der Waals surface area (Å²) in [6.07, 6.45) is 5.34. The third-order valence-electron chi connectivity index (χ3n) is 2.46. The van der Waals surface area contributed by atoms with Crippen molar-refractivity contribution in [1.82, 2.24) is 10.3 Å². The summed E-state index contributed by atoms with van der Waals surface area (Å²) < 4.78 is 4.67. The number of esters is 1. The molecule has 0 aliphatic heterocycles. The topological polar surface area (TPSA) is 106 Å². The second-order valence-electron chi connectivity index (χ2n) is 3.99. The molecule has 1 rings (SSSR count). The minimum Gasteiger partial charge on any atom is -0.480 e. The van der Waals surface area contributed by atoms with Crippen LogP contribution in [0.5, 0.6) is 0 Å². The summed E-state index contributed by atoms with van der Waals surface area (Å²) in [4.78, 5) is 37.8. The zero-order valence-electron chi connectivity index (χ0n) is 11.5. The molecule has 1 aromatic rings. The van der Waals surface area contributed by atoms with E-state index in [-0.39, 0.29) is 13.0 Å². The number of nitrogens with one attached hydrogen (secondary N) is 1. The van der Waals surface area contributed by atoms with Gasteiger partial charge in [-0.3, -0.25) is 9.78 Å². The van der Waals surface area contributed by atoms with E-state index in [1.807, 2.05) is 0 Å². The predicted octanol–water partition coefficient (Wildman–Crippen LogP) is 0.774. The van der Waals surface area contributed by atoms with Gasteiger partial charge in [-0.25, -0.2) is 9.59 Å². The van der Waals surface area contributed by atoms with Crippen molar-refractivity contribution in [2.75, 3.05) is 6.61 Å². The predicted molar refractivity (Wildman–Crippen MR) is 73.5 cm³/mol. The van der Waals surface area contributed by atoms with Crippen LogP contribution in [-0.2, 0) is 14.3 Å². The number of aromatic nitrogens is 1. The van der Waals surface area contributed by atoms with Crippen LogP contribution in [0.4, 0.5) is 0 Å². The van der Waals surface area contributed by atoms with Crippen LogP contribution in [0.2, 0.25) is 0 Å². The lowest BCUT2D eigenvalue weighted by Crippen LogP contribution is -2.40. The maximum atomic E-state index is 11.8. The molecule has 1 heterocycles. The van der Waals surface area contributed by atoms with Crippen molar-refractivity contribution < 1.29 is 24.2 Å². The summed E-state index contributed by atoms with van der Waals surface area (Å²) >= 11 is 0. The first-order chi connectivity index (χ1) is 10.0. The molecule has 0 aromatic carbocycles. The SMILES string of the molecule is CCOC(=O)/C=C/C[C@@H](NC(=O)c1ccncc1)C(=O)O. The van der Waals surface area contributed by atoms with Crippen molar-refractivity contribution in [1.29, 1.82) is 0 Å². The molecule has 0 saturated heterocycles. The first-order valence-corrected chi connectivity index (χ1v) is 6.31. The third kappa shape index (κ3) is 5.85. The monoisotopic (exact) mass is 292 g/mol. The first kappa shape index (κ1) is 16.4. The molecular formula is C14H16N2O5. The molecule has 1 aromatic heterocycles. The molecule has 1 atom stereocenters. The Morgan fingerprint density at radius 3 is 2.62 bits per heavy atom. The summed E-state index contributed by atoms with van der Waals surface area (Å²) in [5.41, 5.74) is 0.311. The highest BCUT2D eigenvalue weighted by Gasteiger charge is 2.19. The van der Waals surface area contributed by atoms with Gasteiger partial charge >= 0.3 is 11.9 Å². The Labute approximate surface area is 121 Å². The lowest BCUT2D eigenvalue weighted by molar-refractivity contribution is -0.139. The Kier molecular flexibility index (Phi) is 6.59. The van der Waals surface area contributed by atoms with Gasteiger partial charge in [-0.15, -0.1) is 0 Å². The van der Waals surface area contributed by atoms with E-state index >= 15 is 0 Å². The third-order valence-corrected chi connectivity index (χ3v) is 2.46. The number of carboxylic acids is 1. The van der Waals surface area contributed by atoms with Crippen molar-refractivity contribution in [3.05, 3.63) is 42.2 Å². The summed E-state index contributed by atoms with van der Waals surface area (Å²) in [6, 6.07) is 1.82. The molecule has 0 bridgehead atoms. The van der Waals surface area contributed by atoms with Crippen molar-refractivity contribution in [2.24, 2.45) is 0 Å². The average molecular weight is 292 g/mol. The summed E-state index contributed by atoms with van der Waals surface area (Å²) in [5.74, 6) is -2.26. The summed E-state index contributed by atoms with van der Waals surface area (Å²) in [6.45, 7) is 1.91. The molecule has 7 nitrogen and oxygen atoms in total. The van der Waals surface area contributed by atoms with Gasteiger partial charge < -0.3 is 15.2 Å². The van der Waals surface area contributed by atoms with E-state index in [1.54, 1.807) is 6.92 Å². The van der Waals surface area contributed by atoms with Gasteiger partial charge in [0.05, 0.1) is 6.61 Å². The van der Waals surface area contributed by atoms with Crippen LogP contribution in [0.15, 0.2) is 36.7 Å². The van der Waals surface area contributed by atoms with Gasteiger partial charge in [0.25, 0.3) is 5.91 Å². The van der Waals surface area contributed by atoms with E-state index < -0.39 is 23.9 Å². The fourth-order valence-corrected chi connectivity index (χ4v) is 1.46. The van der Waals surface area contributed by atoms with Crippen LogP contribution in [0, 0.1) is 0 Å². The number of hydrogen-bond donors (Lipinski definition) is 2. The molecule has 1 amide bonds. The minimum atomic E-state index is -1.19. The largest absolute Gasteiger partial charge is 0.480 e. The number of carboxylic acid groups (broad SMARTS) is 1. The molecule has 0 radical (unpaired) electrons. The molecular weight excluding hydrogens is 276 g/mol. The van der Waals surface area contributed by atoms with Gasteiger partial charge in [-0.1, -0.05) is 6.08 Å². The molecule has 0 aliphatic carbocycles. The van der Waals surface area contributed by atoms with Crippen LogP contribution in [-0.4, -0.2) is 40.6 Å². The van der Waals surface area contributed by atoms with Gasteiger partial charge in [0.1, 0.15) is 6.04 Å². The van der Waals surface area contributed by atoms with E-state index in [9.17, 15) is 14.4 Å². The molecule has 0 fully saturated rings. The van der Waals surface area contributed by atoms with Gasteiger partial charge in [0, 0.05) is 24.0 Å². The van der Waals surface area contributed by atoms with Gasteiger partial charge in [0.15, 0.2) is 0 Å². The number of aliphatic carboxylic acids is 1. The normalized spacial score (nSPS) is 11.9. The van der Waals surface area contributed by atoms with Crippen LogP contribution >= 0.6 is 0 Å². The zero-order chi connectivity index (χ0) is 15.7. The molecule has 2 N–H and O–H groups in total. The fraction of sp³-hybridized carbons (Fsp3) is 0.286. The van der Waals surface area contributed by atoms with Crippen molar-refractivity contribution in [3.63, 3.8) is 0 Å². The lowest BCUT2D eigenvalue weighted by Gasteiger charge is -2.12. The Balaban J connectivity index is 2.60. The molecule has 21 heavy (non-hydrogen) atoms. The fourth-order valence-electron chi connectivity index (χ4n) is 1.46. The van der Waals surface area contributed by atoms with Crippen LogP contribution in [0.3, 0.4) is 0 Å². The van der Waals surface area contributed by atoms with Crippen LogP contribution < -0.4 is 5.32 Å². The number of rotatable bonds is 7. The van der Waals surface area contributed by atoms with Crippen molar-refractivity contribution in [3.8, 4) is 0 Å². The van der Waals surface area contributed by atoms with E-state index in [4.69, 9.17) is 5.11 Å². The molecule has 0 saturated carbocycles. The van der Waals surface area contributed by atoms with E-state index in [0.717, 1.165) is 6.08 Å². The second kappa shape index (κ2) is 8.47. The second-order valence-corrected chi connectivity index (χ2v) is 3.99. The Morgan fingerprint density at radius 2 is 2.05 bits per heavy atom. The van der Waals surface area contributed by atoms with Gasteiger partial charge in [-0.2, -0.15) is 0 Å². The van der Waals surface area contributed by atoms with Crippen molar-refractivity contribution >= 4 is 17.8 Å². The standard InChI is InChI=1S/C14H16N2O5/c1-2-21-12(17)5-3-4-11(14(19)20)16-13(18)10-6-8-15-9-7-10/h3,5-9,11H,2,4H2,1H3,(H,16,18)(H,19,20)/b5-3+/t11-/m1/s1. The maximum absolute atomic E-state index is 11.8. The summed E-state index contributed by atoms with van der Waals surface area (Å²) in [5, 5.41) is 11.4. The average Bonchev–Trinajstić information content (AvgIpc) is 2.47. The number of ether oxygens (including phenoxy) is 1. The highest BCUT2D eigenvalue weighted by Crippen LogP contribution is 2.01. The van der Waals surface area contributed by atoms with Crippen LogP contribution in [0.1, 0.15) is 23.7 Å². The number of nitrogens with zero attached hydrogens (tertiary/aromatic N) is 1. The van der Waals surface area contributed by atoms with Gasteiger partial charge in [-0.05, 0) is 25.5 Å². The van der Waals surface area contributed by atoms with Gasteiger partial charge in [0.2, 0.25) is 0 Å². The van der Waals surface area contributed by atoms with E-state index in [0.29, 0.717) is 5.56 Å². The number of pyridine rings is 1. The van der Waals surface area contributed by atoms with E-state index in [1.165, 1.54) is 30.6 Å².